The van der Waals surface area contributed by atoms with E-state index in [0.717, 1.165) is 25.1 Å². The van der Waals surface area contributed by atoms with Crippen LogP contribution >= 0.6 is 0 Å². The summed E-state index contributed by atoms with van der Waals surface area (Å²) in [5.41, 5.74) is 2.14. The highest BCUT2D eigenvalue weighted by Gasteiger charge is 2.31. The molecule has 22 heavy (non-hydrogen) atoms. The molecule has 0 amide bonds. The maximum Gasteiger partial charge on any atom is 0.174 e. The molecule has 1 N–H and O–H groups in total. The van der Waals surface area contributed by atoms with E-state index in [1.807, 2.05) is 18.2 Å². The van der Waals surface area contributed by atoms with Gasteiger partial charge in [0.1, 0.15) is 5.82 Å². The molecule has 1 saturated heterocycles. The Balaban J connectivity index is 1.73. The van der Waals surface area contributed by atoms with Crippen LogP contribution in [0.1, 0.15) is 17.2 Å². The van der Waals surface area contributed by atoms with Gasteiger partial charge in [-0.15, -0.1) is 0 Å². The molecule has 1 aliphatic heterocycles. The fraction of sp³-hybridized carbons (Fsp3) is 0.333. The molecule has 3 rings (SSSR count). The van der Waals surface area contributed by atoms with Gasteiger partial charge in [-0.2, -0.15) is 0 Å². The number of rotatable bonds is 4. The summed E-state index contributed by atoms with van der Waals surface area (Å²) in [6.07, 6.45) is 0.0283. The van der Waals surface area contributed by atoms with E-state index >= 15 is 0 Å². The van der Waals surface area contributed by atoms with Gasteiger partial charge in [-0.1, -0.05) is 42.5 Å². The average Bonchev–Trinajstić information content (AvgIpc) is 2.55. The zero-order valence-electron chi connectivity index (χ0n) is 12.4. The summed E-state index contributed by atoms with van der Waals surface area (Å²) >= 11 is 0. The van der Waals surface area contributed by atoms with E-state index < -0.39 is 6.29 Å². The molecule has 1 fully saturated rings. The average molecular weight is 301 g/mol. The molecule has 1 aliphatic rings. The lowest BCUT2D eigenvalue weighted by Gasteiger charge is -2.39. The maximum absolute atomic E-state index is 13.1. The quantitative estimate of drug-likeness (QED) is 0.942. The fourth-order valence-corrected chi connectivity index (χ4v) is 2.90. The summed E-state index contributed by atoms with van der Waals surface area (Å²) in [4.78, 5) is 2.20. The van der Waals surface area contributed by atoms with Gasteiger partial charge in [-0.05, 0) is 29.7 Å². The van der Waals surface area contributed by atoms with Crippen LogP contribution < -0.4 is 0 Å². The highest BCUT2D eigenvalue weighted by Crippen LogP contribution is 2.28. The van der Waals surface area contributed by atoms with Crippen molar-refractivity contribution in [2.45, 2.75) is 18.8 Å². The van der Waals surface area contributed by atoms with E-state index in [9.17, 15) is 9.50 Å². The second kappa shape index (κ2) is 7.01. The van der Waals surface area contributed by atoms with Gasteiger partial charge in [0, 0.05) is 13.1 Å². The Morgan fingerprint density at radius 1 is 1.09 bits per heavy atom. The lowest BCUT2D eigenvalue weighted by atomic mass is 10.0. The number of aliphatic hydroxyl groups excluding tert-OH is 1. The van der Waals surface area contributed by atoms with E-state index in [4.69, 9.17) is 4.74 Å². The first-order chi connectivity index (χ1) is 10.7. The molecule has 2 atom stereocenters. The van der Waals surface area contributed by atoms with Crippen molar-refractivity contribution >= 4 is 0 Å². The van der Waals surface area contributed by atoms with Gasteiger partial charge >= 0.3 is 0 Å². The second-order valence-electron chi connectivity index (χ2n) is 5.53. The number of nitrogens with zero attached hydrogens (tertiary/aromatic N) is 1. The second-order valence-corrected chi connectivity index (χ2v) is 5.53. The third-order valence-corrected chi connectivity index (χ3v) is 4.07. The Morgan fingerprint density at radius 3 is 2.55 bits per heavy atom. The number of aliphatic hydroxyl groups is 1. The molecule has 0 radical (unpaired) electrons. The van der Waals surface area contributed by atoms with E-state index in [1.54, 1.807) is 12.1 Å². The Kier molecular flexibility index (Phi) is 4.83. The van der Waals surface area contributed by atoms with Crippen LogP contribution in [0, 0.1) is 5.82 Å². The van der Waals surface area contributed by atoms with Crippen molar-refractivity contribution in [2.24, 2.45) is 0 Å². The minimum Gasteiger partial charge on any atom is -0.366 e. The lowest BCUT2D eigenvalue weighted by Crippen LogP contribution is -2.46. The van der Waals surface area contributed by atoms with Crippen LogP contribution in [0.3, 0.4) is 0 Å². The molecule has 4 heteroatoms. The van der Waals surface area contributed by atoms with Gasteiger partial charge in [-0.25, -0.2) is 4.39 Å². The molecule has 0 saturated carbocycles. The number of halogens is 1. The SMILES string of the molecule is O[C@H]1OCCN(CCc2ccccc2)[C@@H]1c1ccc(F)cc1. The summed E-state index contributed by atoms with van der Waals surface area (Å²) in [7, 11) is 0. The molecule has 2 aromatic rings. The number of benzene rings is 2. The van der Waals surface area contributed by atoms with Crippen LogP contribution in [0.25, 0.3) is 0 Å². The van der Waals surface area contributed by atoms with Crippen molar-refractivity contribution in [1.82, 2.24) is 4.90 Å². The number of morpholine rings is 1. The minimum atomic E-state index is -0.880. The summed E-state index contributed by atoms with van der Waals surface area (Å²) < 4.78 is 18.5. The maximum atomic E-state index is 13.1. The van der Waals surface area contributed by atoms with Gasteiger partial charge in [0.25, 0.3) is 0 Å². The van der Waals surface area contributed by atoms with Crippen LogP contribution in [0.15, 0.2) is 54.6 Å². The summed E-state index contributed by atoms with van der Waals surface area (Å²) in [5, 5.41) is 10.2. The first kappa shape index (κ1) is 15.2. The molecule has 0 aromatic heterocycles. The number of ether oxygens (including phenoxy) is 1. The third kappa shape index (κ3) is 3.53. The monoisotopic (exact) mass is 301 g/mol. The minimum absolute atomic E-state index is 0.252. The van der Waals surface area contributed by atoms with Gasteiger partial charge in [0.05, 0.1) is 12.6 Å². The first-order valence-electron chi connectivity index (χ1n) is 7.57. The van der Waals surface area contributed by atoms with Crippen molar-refractivity contribution in [1.29, 1.82) is 0 Å². The number of hydrogen-bond donors (Lipinski definition) is 1. The summed E-state index contributed by atoms with van der Waals surface area (Å²) in [6, 6.07) is 16.3. The zero-order chi connectivity index (χ0) is 15.4. The van der Waals surface area contributed by atoms with Crippen LogP contribution in [0.5, 0.6) is 0 Å². The van der Waals surface area contributed by atoms with Crippen LogP contribution in [-0.2, 0) is 11.2 Å². The Labute approximate surface area is 130 Å². The smallest absolute Gasteiger partial charge is 0.174 e. The molecular weight excluding hydrogens is 281 g/mol. The lowest BCUT2D eigenvalue weighted by molar-refractivity contribution is -0.181. The molecule has 1 heterocycles. The van der Waals surface area contributed by atoms with Crippen LogP contribution in [0.4, 0.5) is 4.39 Å². The first-order valence-corrected chi connectivity index (χ1v) is 7.57. The Hall–Kier alpha value is -1.75. The van der Waals surface area contributed by atoms with E-state index in [1.165, 1.54) is 17.7 Å². The molecule has 0 unspecified atom stereocenters. The number of hydrogen-bond acceptors (Lipinski definition) is 3. The summed E-state index contributed by atoms with van der Waals surface area (Å²) in [5.74, 6) is -0.272. The Bertz CT molecular complexity index is 588. The molecule has 0 spiro atoms. The molecular formula is C18H20FNO2. The molecule has 3 nitrogen and oxygen atoms in total. The molecule has 2 aromatic carbocycles. The third-order valence-electron chi connectivity index (χ3n) is 4.07. The summed E-state index contributed by atoms with van der Waals surface area (Å²) in [6.45, 7) is 2.09. The van der Waals surface area contributed by atoms with Crippen LogP contribution in [0.2, 0.25) is 0 Å². The van der Waals surface area contributed by atoms with E-state index in [2.05, 4.69) is 17.0 Å². The predicted octanol–water partition coefficient (Wildman–Crippen LogP) is 2.76. The van der Waals surface area contributed by atoms with E-state index in [0.29, 0.717) is 6.61 Å². The molecule has 0 aliphatic carbocycles. The van der Waals surface area contributed by atoms with Gasteiger partial charge in [-0.3, -0.25) is 4.90 Å². The van der Waals surface area contributed by atoms with Gasteiger partial charge < -0.3 is 9.84 Å². The van der Waals surface area contributed by atoms with Crippen molar-refractivity contribution < 1.29 is 14.2 Å². The fourth-order valence-electron chi connectivity index (χ4n) is 2.90. The largest absolute Gasteiger partial charge is 0.366 e. The molecule has 0 bridgehead atoms. The van der Waals surface area contributed by atoms with Gasteiger partial charge in [0.15, 0.2) is 6.29 Å². The zero-order valence-corrected chi connectivity index (χ0v) is 12.4. The normalized spacial score (nSPS) is 22.6. The van der Waals surface area contributed by atoms with Crippen LogP contribution in [-0.4, -0.2) is 36.0 Å². The van der Waals surface area contributed by atoms with Crippen molar-refractivity contribution in [3.05, 3.63) is 71.5 Å². The standard InChI is InChI=1S/C18H20FNO2/c19-16-8-6-15(7-9-16)17-18(21)22-13-12-20(17)11-10-14-4-2-1-3-5-14/h1-9,17-18,21H,10-13H2/t17-,18+/m1/s1. The highest BCUT2D eigenvalue weighted by atomic mass is 19.1. The topological polar surface area (TPSA) is 32.7 Å². The van der Waals surface area contributed by atoms with Crippen molar-refractivity contribution in [2.75, 3.05) is 19.7 Å². The van der Waals surface area contributed by atoms with Gasteiger partial charge in [0.2, 0.25) is 0 Å². The van der Waals surface area contributed by atoms with Crippen molar-refractivity contribution in [3.63, 3.8) is 0 Å². The van der Waals surface area contributed by atoms with E-state index in [-0.39, 0.29) is 11.9 Å². The molecule has 116 valence electrons. The highest BCUT2D eigenvalue weighted by molar-refractivity contribution is 5.21. The predicted molar refractivity (Wildman–Crippen MR) is 82.8 cm³/mol. The Morgan fingerprint density at radius 2 is 1.82 bits per heavy atom. The van der Waals surface area contributed by atoms with Crippen molar-refractivity contribution in [3.8, 4) is 0 Å².